The van der Waals surface area contributed by atoms with Crippen LogP contribution in [0.1, 0.15) is 24.8 Å². The van der Waals surface area contributed by atoms with E-state index < -0.39 is 18.5 Å². The molecule has 0 saturated carbocycles. The predicted molar refractivity (Wildman–Crippen MR) is 133 cm³/mol. The zero-order valence-electron chi connectivity index (χ0n) is 19.7. The monoisotopic (exact) mass is 476 g/mol. The van der Waals surface area contributed by atoms with Crippen molar-refractivity contribution in [3.63, 3.8) is 0 Å². The highest BCUT2D eigenvalue weighted by molar-refractivity contribution is 5.93. The maximum absolute atomic E-state index is 12.2. The highest BCUT2D eigenvalue weighted by Gasteiger charge is 2.10. The van der Waals surface area contributed by atoms with Gasteiger partial charge in [0.2, 0.25) is 5.91 Å². The molecule has 2 amide bonds. The van der Waals surface area contributed by atoms with Crippen molar-refractivity contribution >= 4 is 29.2 Å². The van der Waals surface area contributed by atoms with Gasteiger partial charge in [-0.2, -0.15) is 0 Å². The molecule has 0 fully saturated rings. The first-order valence-electron chi connectivity index (χ1n) is 11.2. The van der Waals surface area contributed by atoms with Crippen LogP contribution >= 0.6 is 0 Å². The molecule has 3 rings (SSSR count). The zero-order chi connectivity index (χ0) is 25.0. The molecular weight excluding hydrogens is 448 g/mol. The van der Waals surface area contributed by atoms with Crippen LogP contribution in [-0.4, -0.2) is 31.5 Å². The molecule has 2 N–H and O–H groups in total. The van der Waals surface area contributed by atoms with Gasteiger partial charge in [0.25, 0.3) is 5.91 Å². The molecule has 35 heavy (non-hydrogen) atoms. The summed E-state index contributed by atoms with van der Waals surface area (Å²) in [5, 5.41) is 5.40. The number of carbonyl (C=O) groups is 3. The van der Waals surface area contributed by atoms with Crippen molar-refractivity contribution < 1.29 is 28.6 Å². The summed E-state index contributed by atoms with van der Waals surface area (Å²) < 4.78 is 15.8. The predicted octanol–water partition coefficient (Wildman–Crippen LogP) is 5.09. The van der Waals surface area contributed by atoms with Gasteiger partial charge in [0, 0.05) is 30.3 Å². The molecule has 0 unspecified atom stereocenters. The van der Waals surface area contributed by atoms with E-state index >= 15 is 0 Å². The Morgan fingerprint density at radius 2 is 1.40 bits per heavy atom. The second-order valence-electron chi connectivity index (χ2n) is 7.78. The molecule has 3 aromatic rings. The summed E-state index contributed by atoms with van der Waals surface area (Å²) in [6.07, 6.45) is 0.479. The standard InChI is InChI=1S/C27H28N2O6/c1-19-9-13-22(14-10-19)35-23-15-11-20(12-16-23)28-25(30)7-4-8-27(32)34-18-26(31)29-21-5-3-6-24(17-21)33-2/h3,5-6,9-17H,4,7-8,18H2,1-2H3,(H,28,30)(H,29,31). The average molecular weight is 477 g/mol. The molecule has 0 heterocycles. The van der Waals surface area contributed by atoms with Crippen molar-refractivity contribution in [3.05, 3.63) is 78.4 Å². The Bertz CT molecular complexity index is 1140. The first kappa shape index (κ1) is 25.3. The third-order valence-corrected chi connectivity index (χ3v) is 4.90. The minimum atomic E-state index is -0.545. The van der Waals surface area contributed by atoms with E-state index in [2.05, 4.69) is 10.6 Å². The van der Waals surface area contributed by atoms with Crippen molar-refractivity contribution in [2.75, 3.05) is 24.4 Å². The molecule has 0 aromatic heterocycles. The molecule has 3 aromatic carbocycles. The Hall–Kier alpha value is -4.33. The lowest BCUT2D eigenvalue weighted by Crippen LogP contribution is -2.21. The van der Waals surface area contributed by atoms with Gasteiger partial charge < -0.3 is 24.8 Å². The molecule has 0 aliphatic rings. The normalized spacial score (nSPS) is 10.2. The highest BCUT2D eigenvalue weighted by atomic mass is 16.5. The fourth-order valence-electron chi connectivity index (χ4n) is 3.08. The second kappa shape index (κ2) is 12.8. The maximum Gasteiger partial charge on any atom is 0.306 e. The summed E-state index contributed by atoms with van der Waals surface area (Å²) in [6.45, 7) is 1.60. The number of amides is 2. The van der Waals surface area contributed by atoms with Crippen LogP contribution in [0.4, 0.5) is 11.4 Å². The van der Waals surface area contributed by atoms with Crippen LogP contribution in [0.25, 0.3) is 0 Å². The molecule has 0 atom stereocenters. The van der Waals surface area contributed by atoms with E-state index in [1.54, 1.807) is 48.5 Å². The van der Waals surface area contributed by atoms with Crippen molar-refractivity contribution in [1.29, 1.82) is 0 Å². The van der Waals surface area contributed by atoms with Crippen LogP contribution < -0.4 is 20.1 Å². The van der Waals surface area contributed by atoms with Crippen molar-refractivity contribution in [2.45, 2.75) is 26.2 Å². The molecule has 0 spiro atoms. The fourth-order valence-corrected chi connectivity index (χ4v) is 3.08. The number of carbonyl (C=O) groups excluding carboxylic acids is 3. The van der Waals surface area contributed by atoms with Crippen LogP contribution in [0.15, 0.2) is 72.8 Å². The van der Waals surface area contributed by atoms with E-state index in [1.807, 2.05) is 31.2 Å². The summed E-state index contributed by atoms with van der Waals surface area (Å²) in [5.74, 6) is 0.766. The van der Waals surface area contributed by atoms with Gasteiger partial charge in [-0.15, -0.1) is 0 Å². The summed E-state index contributed by atoms with van der Waals surface area (Å²) in [6, 6.07) is 21.6. The van der Waals surface area contributed by atoms with Gasteiger partial charge in [0.1, 0.15) is 17.2 Å². The van der Waals surface area contributed by atoms with Crippen molar-refractivity contribution in [1.82, 2.24) is 0 Å². The number of aryl methyl sites for hydroxylation is 1. The van der Waals surface area contributed by atoms with Crippen molar-refractivity contribution in [3.8, 4) is 17.2 Å². The number of hydrogen-bond acceptors (Lipinski definition) is 6. The van der Waals surface area contributed by atoms with Gasteiger partial charge in [0.05, 0.1) is 7.11 Å². The van der Waals surface area contributed by atoms with Crippen molar-refractivity contribution in [2.24, 2.45) is 0 Å². The van der Waals surface area contributed by atoms with Crippen LogP contribution in [-0.2, 0) is 19.1 Å². The van der Waals surface area contributed by atoms with Crippen LogP contribution in [0.2, 0.25) is 0 Å². The van der Waals surface area contributed by atoms with Gasteiger partial charge in [-0.05, 0) is 61.9 Å². The molecule has 0 bridgehead atoms. The number of ether oxygens (including phenoxy) is 3. The van der Waals surface area contributed by atoms with Gasteiger partial charge in [0.15, 0.2) is 6.61 Å². The van der Waals surface area contributed by atoms with Crippen LogP contribution in [0.5, 0.6) is 17.2 Å². The van der Waals surface area contributed by atoms with Crippen LogP contribution in [0.3, 0.4) is 0 Å². The molecule has 182 valence electrons. The number of nitrogens with one attached hydrogen (secondary N) is 2. The number of anilines is 2. The smallest absolute Gasteiger partial charge is 0.306 e. The topological polar surface area (TPSA) is 103 Å². The summed E-state index contributed by atoms with van der Waals surface area (Å²) in [7, 11) is 1.53. The van der Waals surface area contributed by atoms with E-state index in [1.165, 1.54) is 7.11 Å². The number of methoxy groups -OCH3 is 1. The van der Waals surface area contributed by atoms with Gasteiger partial charge in [-0.1, -0.05) is 23.8 Å². The number of hydrogen-bond donors (Lipinski definition) is 2. The van der Waals surface area contributed by atoms with Gasteiger partial charge >= 0.3 is 5.97 Å². The lowest BCUT2D eigenvalue weighted by molar-refractivity contribution is -0.147. The molecule has 0 saturated heterocycles. The van der Waals surface area contributed by atoms with E-state index in [-0.39, 0.29) is 18.7 Å². The van der Waals surface area contributed by atoms with Gasteiger partial charge in [-0.25, -0.2) is 0 Å². The first-order valence-corrected chi connectivity index (χ1v) is 11.2. The van der Waals surface area contributed by atoms with E-state index in [0.29, 0.717) is 29.3 Å². The van der Waals surface area contributed by atoms with Crippen LogP contribution in [0, 0.1) is 6.92 Å². The number of benzene rings is 3. The largest absolute Gasteiger partial charge is 0.497 e. The minimum absolute atomic E-state index is 0.0309. The lowest BCUT2D eigenvalue weighted by atomic mass is 10.2. The summed E-state index contributed by atoms with van der Waals surface area (Å²) in [5.41, 5.74) is 2.32. The average Bonchev–Trinajstić information content (AvgIpc) is 2.85. The van der Waals surface area contributed by atoms with E-state index in [0.717, 1.165) is 11.3 Å². The second-order valence-corrected chi connectivity index (χ2v) is 7.78. The number of esters is 1. The Kier molecular flexibility index (Phi) is 9.24. The quantitative estimate of drug-likeness (QED) is 0.374. The fraction of sp³-hybridized carbons (Fsp3) is 0.222. The SMILES string of the molecule is COc1cccc(NC(=O)COC(=O)CCCC(=O)Nc2ccc(Oc3ccc(C)cc3)cc2)c1. The third kappa shape index (κ3) is 8.85. The third-order valence-electron chi connectivity index (χ3n) is 4.90. The highest BCUT2D eigenvalue weighted by Crippen LogP contribution is 2.23. The molecule has 0 aliphatic carbocycles. The van der Waals surface area contributed by atoms with Gasteiger partial charge in [-0.3, -0.25) is 14.4 Å². The summed E-state index contributed by atoms with van der Waals surface area (Å²) >= 11 is 0. The number of rotatable bonds is 11. The van der Waals surface area contributed by atoms with E-state index in [9.17, 15) is 14.4 Å². The molecular formula is C27H28N2O6. The Balaban J connectivity index is 1.32. The molecule has 8 heteroatoms. The zero-order valence-corrected chi connectivity index (χ0v) is 19.7. The molecule has 0 aliphatic heterocycles. The van der Waals surface area contributed by atoms with E-state index in [4.69, 9.17) is 14.2 Å². The minimum Gasteiger partial charge on any atom is -0.497 e. The maximum atomic E-state index is 12.2. The Labute approximate surface area is 204 Å². The molecule has 0 radical (unpaired) electrons. The molecule has 8 nitrogen and oxygen atoms in total. The summed E-state index contributed by atoms with van der Waals surface area (Å²) in [4.78, 5) is 36.0. The lowest BCUT2D eigenvalue weighted by Gasteiger charge is -2.09. The Morgan fingerprint density at radius 3 is 2.09 bits per heavy atom. The first-order chi connectivity index (χ1) is 16.9. The Morgan fingerprint density at radius 1 is 0.743 bits per heavy atom.